The molecule has 0 aromatic carbocycles. The first kappa shape index (κ1) is 13.8. The summed E-state index contributed by atoms with van der Waals surface area (Å²) in [4.78, 5) is 0. The summed E-state index contributed by atoms with van der Waals surface area (Å²) in [6.45, 7) is 3.72. The van der Waals surface area contributed by atoms with Gasteiger partial charge in [-0.25, -0.2) is 8.78 Å². The van der Waals surface area contributed by atoms with E-state index in [2.05, 4.69) is 5.32 Å². The summed E-state index contributed by atoms with van der Waals surface area (Å²) in [6, 6.07) is 0. The van der Waals surface area contributed by atoms with Gasteiger partial charge in [-0.3, -0.25) is 0 Å². The molecule has 0 spiro atoms. The molecule has 0 saturated carbocycles. The van der Waals surface area contributed by atoms with Gasteiger partial charge in [0, 0.05) is 6.61 Å². The number of ether oxygens (including phenoxy) is 1. The molecule has 0 aromatic rings. The van der Waals surface area contributed by atoms with Crippen LogP contribution in [-0.4, -0.2) is 32.7 Å². The minimum Gasteiger partial charge on any atom is -0.375 e. The topological polar surface area (TPSA) is 21.3 Å². The third-order valence-corrected chi connectivity index (χ3v) is 2.26. The maximum Gasteiger partial charge on any atom is 0.283 e. The summed E-state index contributed by atoms with van der Waals surface area (Å²) in [7, 11) is 1.51. The van der Waals surface area contributed by atoms with E-state index in [-0.39, 0.29) is 6.54 Å². The molecule has 4 heteroatoms. The van der Waals surface area contributed by atoms with Crippen molar-refractivity contribution in [1.82, 2.24) is 5.32 Å². The highest BCUT2D eigenvalue weighted by Crippen LogP contribution is 2.14. The zero-order valence-corrected chi connectivity index (χ0v) is 9.28. The number of alkyl halides is 2. The van der Waals surface area contributed by atoms with E-state index in [1.54, 1.807) is 0 Å². The highest BCUT2D eigenvalue weighted by Gasteiger charge is 2.28. The van der Waals surface area contributed by atoms with Crippen molar-refractivity contribution < 1.29 is 13.5 Å². The average molecular weight is 209 g/mol. The van der Waals surface area contributed by atoms with E-state index in [9.17, 15) is 8.78 Å². The van der Waals surface area contributed by atoms with Crippen LogP contribution in [0.1, 0.15) is 26.7 Å². The molecule has 0 amide bonds. The summed E-state index contributed by atoms with van der Waals surface area (Å²) in [6.07, 6.45) is 1.96. The number of hydrogen-bond acceptors (Lipinski definition) is 2. The molecular weight excluding hydrogens is 188 g/mol. The lowest BCUT2D eigenvalue weighted by Gasteiger charge is -2.18. The van der Waals surface area contributed by atoms with Gasteiger partial charge in [0.25, 0.3) is 5.92 Å². The Labute approximate surface area is 85.0 Å². The quantitative estimate of drug-likeness (QED) is 0.662. The molecule has 0 unspecified atom stereocenters. The molecule has 0 atom stereocenters. The third-order valence-electron chi connectivity index (χ3n) is 2.26. The number of rotatable bonds is 8. The molecule has 1 N–H and O–H groups in total. The summed E-state index contributed by atoms with van der Waals surface area (Å²) in [5.74, 6) is -2.35. The first-order valence-electron chi connectivity index (χ1n) is 5.15. The Balaban J connectivity index is 3.60. The van der Waals surface area contributed by atoms with Gasteiger partial charge >= 0.3 is 0 Å². The van der Waals surface area contributed by atoms with Gasteiger partial charge in [0.2, 0.25) is 0 Å². The van der Waals surface area contributed by atoms with Crippen LogP contribution in [0.25, 0.3) is 0 Å². The van der Waals surface area contributed by atoms with Crippen molar-refractivity contribution in [2.75, 3.05) is 26.8 Å². The fourth-order valence-electron chi connectivity index (χ4n) is 1.21. The highest BCUT2D eigenvalue weighted by molar-refractivity contribution is 4.67. The zero-order valence-electron chi connectivity index (χ0n) is 9.28. The van der Waals surface area contributed by atoms with Gasteiger partial charge < -0.3 is 10.1 Å². The Morgan fingerprint density at radius 3 is 2.29 bits per heavy atom. The number of hydrogen-bond donors (Lipinski definition) is 1. The summed E-state index contributed by atoms with van der Waals surface area (Å²) < 4.78 is 30.8. The Morgan fingerprint density at radius 2 is 1.86 bits per heavy atom. The molecule has 0 aliphatic heterocycles. The number of nitrogens with one attached hydrogen (secondary N) is 1. The molecule has 0 aliphatic rings. The molecule has 0 heterocycles. The van der Waals surface area contributed by atoms with Gasteiger partial charge in [-0.2, -0.15) is 0 Å². The predicted octanol–water partition coefficient (Wildman–Crippen LogP) is 2.29. The van der Waals surface area contributed by atoms with Crippen LogP contribution in [0, 0.1) is 5.92 Å². The molecule has 14 heavy (non-hydrogen) atoms. The molecule has 0 rings (SSSR count). The van der Waals surface area contributed by atoms with Crippen molar-refractivity contribution in [3.05, 3.63) is 0 Å². The van der Waals surface area contributed by atoms with E-state index in [0.29, 0.717) is 12.5 Å². The molecule has 0 aromatic heterocycles. The lowest BCUT2D eigenvalue weighted by molar-refractivity contribution is -0.0802. The van der Waals surface area contributed by atoms with Gasteiger partial charge in [0.15, 0.2) is 0 Å². The van der Waals surface area contributed by atoms with E-state index in [1.165, 1.54) is 7.05 Å². The van der Waals surface area contributed by atoms with Crippen molar-refractivity contribution in [3.63, 3.8) is 0 Å². The van der Waals surface area contributed by atoms with E-state index in [1.807, 2.05) is 13.8 Å². The van der Waals surface area contributed by atoms with Crippen molar-refractivity contribution in [2.45, 2.75) is 32.6 Å². The van der Waals surface area contributed by atoms with Crippen LogP contribution in [0.5, 0.6) is 0 Å². The molecule has 0 radical (unpaired) electrons. The lowest BCUT2D eigenvalue weighted by Crippen LogP contribution is -2.35. The second-order valence-corrected chi connectivity index (χ2v) is 3.58. The highest BCUT2D eigenvalue weighted by atomic mass is 19.3. The van der Waals surface area contributed by atoms with E-state index < -0.39 is 12.5 Å². The van der Waals surface area contributed by atoms with E-state index in [4.69, 9.17) is 4.74 Å². The Bertz CT molecular complexity index is 138. The minimum atomic E-state index is -2.75. The molecule has 86 valence electrons. The maximum atomic E-state index is 12.9. The molecule has 0 bridgehead atoms. The van der Waals surface area contributed by atoms with Gasteiger partial charge in [0.05, 0.1) is 6.54 Å². The largest absolute Gasteiger partial charge is 0.375 e. The lowest BCUT2D eigenvalue weighted by atomic mass is 10.1. The van der Waals surface area contributed by atoms with Crippen molar-refractivity contribution in [3.8, 4) is 0 Å². The van der Waals surface area contributed by atoms with Crippen LogP contribution in [0.4, 0.5) is 8.78 Å². The van der Waals surface area contributed by atoms with Crippen LogP contribution in [0.15, 0.2) is 0 Å². The average Bonchev–Trinajstić information content (AvgIpc) is 2.12. The van der Waals surface area contributed by atoms with Crippen molar-refractivity contribution >= 4 is 0 Å². The monoisotopic (exact) mass is 209 g/mol. The van der Waals surface area contributed by atoms with Gasteiger partial charge in [-0.15, -0.1) is 0 Å². The fraction of sp³-hybridized carbons (Fsp3) is 1.00. The molecule has 2 nitrogen and oxygen atoms in total. The van der Waals surface area contributed by atoms with Crippen LogP contribution >= 0.6 is 0 Å². The van der Waals surface area contributed by atoms with Gasteiger partial charge in [-0.1, -0.05) is 26.7 Å². The van der Waals surface area contributed by atoms with E-state index >= 15 is 0 Å². The second-order valence-electron chi connectivity index (χ2n) is 3.58. The standard InChI is InChI=1S/C10H21F2NO/c1-4-9(5-2)6-14-8-10(11,12)7-13-3/h9,13H,4-8H2,1-3H3. The third kappa shape index (κ3) is 6.27. The first-order chi connectivity index (χ1) is 6.55. The first-order valence-corrected chi connectivity index (χ1v) is 5.15. The van der Waals surface area contributed by atoms with Crippen LogP contribution in [0.3, 0.4) is 0 Å². The van der Waals surface area contributed by atoms with Gasteiger partial charge in [0.1, 0.15) is 6.61 Å². The molecular formula is C10H21F2NO. The smallest absolute Gasteiger partial charge is 0.283 e. The SMILES string of the molecule is CCC(CC)COCC(F)(F)CNC. The normalized spacial score (nSPS) is 12.4. The summed E-state index contributed by atoms with van der Waals surface area (Å²) in [5.41, 5.74) is 0. The predicted molar refractivity (Wildman–Crippen MR) is 53.8 cm³/mol. The Kier molecular flexibility index (Phi) is 7.01. The van der Waals surface area contributed by atoms with Crippen LogP contribution in [0.2, 0.25) is 0 Å². The van der Waals surface area contributed by atoms with Crippen LogP contribution < -0.4 is 5.32 Å². The summed E-state index contributed by atoms with van der Waals surface area (Å²) >= 11 is 0. The second kappa shape index (κ2) is 7.12. The van der Waals surface area contributed by atoms with Crippen molar-refractivity contribution in [2.24, 2.45) is 5.92 Å². The summed E-state index contributed by atoms with van der Waals surface area (Å²) in [5, 5.41) is 2.44. The Morgan fingerprint density at radius 1 is 1.29 bits per heavy atom. The molecule has 0 fully saturated rings. The molecule has 0 aliphatic carbocycles. The fourth-order valence-corrected chi connectivity index (χ4v) is 1.21. The maximum absolute atomic E-state index is 12.9. The number of halogens is 2. The molecule has 0 saturated heterocycles. The van der Waals surface area contributed by atoms with E-state index in [0.717, 1.165) is 12.8 Å². The zero-order chi connectivity index (χ0) is 11.0. The van der Waals surface area contributed by atoms with Crippen molar-refractivity contribution in [1.29, 1.82) is 0 Å². The Hall–Kier alpha value is -0.220. The van der Waals surface area contributed by atoms with Crippen LogP contribution in [-0.2, 0) is 4.74 Å². The minimum absolute atomic E-state index is 0.323. The van der Waals surface area contributed by atoms with Gasteiger partial charge in [-0.05, 0) is 13.0 Å².